The Balaban J connectivity index is 0.000000201. The minimum Gasteiger partial charge on any atom is -0.426 e. The summed E-state index contributed by atoms with van der Waals surface area (Å²) in [6.45, 7) is 0. The molecule has 2 heterocycles. The molecule has 0 atom stereocenters. The van der Waals surface area contributed by atoms with Gasteiger partial charge < -0.3 is 18.3 Å². The van der Waals surface area contributed by atoms with E-state index in [1.807, 2.05) is 24.3 Å². The quantitative estimate of drug-likeness (QED) is 0.0402. The Labute approximate surface area is 460 Å². The summed E-state index contributed by atoms with van der Waals surface area (Å²) in [6, 6.07) is 24.8. The van der Waals surface area contributed by atoms with Crippen molar-refractivity contribution in [2.45, 2.75) is 76.0 Å². The average Bonchev–Trinajstić information content (AvgIpc) is 1.84. The van der Waals surface area contributed by atoms with Crippen LogP contribution >= 0.6 is 0 Å². The minimum absolute atomic E-state index is 0.515. The smallest absolute Gasteiger partial charge is 0.426 e. The summed E-state index contributed by atoms with van der Waals surface area (Å²) in [4.78, 5) is 0. The zero-order valence-corrected chi connectivity index (χ0v) is 43.5. The third kappa shape index (κ3) is 10.8. The van der Waals surface area contributed by atoms with E-state index in [1.165, 1.54) is 75.3 Å². The van der Waals surface area contributed by atoms with E-state index >= 15 is 35.1 Å². The van der Waals surface area contributed by atoms with Crippen molar-refractivity contribution < 1.29 is 127 Å². The number of benzene rings is 6. The highest BCUT2D eigenvalue weighted by molar-refractivity contribution is 7.20. The summed E-state index contributed by atoms with van der Waals surface area (Å²) >= 11 is -0.605. The van der Waals surface area contributed by atoms with Gasteiger partial charge in [-0.2, -0.15) is 0 Å². The minimum atomic E-state index is -7.22. The van der Waals surface area contributed by atoms with Gasteiger partial charge in [-0.3, -0.25) is 0 Å². The lowest BCUT2D eigenvalue weighted by molar-refractivity contribution is -0.636. The van der Waals surface area contributed by atoms with Gasteiger partial charge in [-0.15, -0.1) is 21.9 Å². The van der Waals surface area contributed by atoms with Crippen LogP contribution in [0.3, 0.4) is 0 Å². The first-order valence-corrected chi connectivity index (χ1v) is 26.8. The molecular weight excluding hydrogens is 1250 g/mol. The summed E-state index contributed by atoms with van der Waals surface area (Å²) in [5.41, 5.74) is -11.5. The van der Waals surface area contributed by atoms with E-state index < -0.39 is 166 Å². The highest BCUT2D eigenvalue weighted by Crippen LogP contribution is 2.37. The number of hydrogen-bond acceptors (Lipinski definition) is 4. The summed E-state index contributed by atoms with van der Waals surface area (Å²) in [6.07, 6.45) is 6.13. The number of furan rings is 2. The van der Waals surface area contributed by atoms with Crippen molar-refractivity contribution >= 4 is 28.0 Å². The Morgan fingerprint density at radius 3 is 0.768 bits per heavy atom. The molecule has 0 saturated heterocycles. The first-order valence-electron chi connectivity index (χ1n) is 24.6. The van der Waals surface area contributed by atoms with Gasteiger partial charge >= 0.3 is 28.7 Å². The maximum absolute atomic E-state index is 15.4. The molecule has 6 aromatic carbocycles. The molecular formula is C56H34BF20IO4. The highest BCUT2D eigenvalue weighted by Gasteiger charge is 2.52. The third-order valence-electron chi connectivity index (χ3n) is 14.3. The number of hydrogen-bond donors (Lipinski definition) is 0. The van der Waals surface area contributed by atoms with Crippen molar-refractivity contribution in [1.29, 1.82) is 0 Å². The second kappa shape index (κ2) is 24.0. The molecule has 0 N–H and O–H groups in total. The predicted octanol–water partition coefficient (Wildman–Crippen LogP) is 12.5. The largest absolute Gasteiger partial charge is 0.443 e. The van der Waals surface area contributed by atoms with E-state index in [4.69, 9.17) is 18.3 Å². The van der Waals surface area contributed by atoms with Crippen molar-refractivity contribution in [1.82, 2.24) is 0 Å². The van der Waals surface area contributed by atoms with Crippen molar-refractivity contribution in [3.8, 4) is 23.4 Å². The Morgan fingerprint density at radius 1 is 0.293 bits per heavy atom. The molecule has 0 amide bonds. The fraction of sp³-hybridized carbons (Fsp3) is 0.214. The summed E-state index contributed by atoms with van der Waals surface area (Å²) in [5, 5.41) is 0. The summed E-state index contributed by atoms with van der Waals surface area (Å²) < 4.78 is 320. The van der Waals surface area contributed by atoms with E-state index in [9.17, 15) is 52.7 Å². The normalized spacial score (nSPS) is 14.3. The van der Waals surface area contributed by atoms with Crippen molar-refractivity contribution in [3.63, 3.8) is 0 Å². The van der Waals surface area contributed by atoms with Crippen LogP contribution in [0.25, 0.3) is 0 Å². The molecule has 0 aliphatic heterocycles. The highest BCUT2D eigenvalue weighted by atomic mass is 127. The number of ether oxygens (including phenoxy) is 2. The fourth-order valence-electron chi connectivity index (χ4n) is 10.5. The van der Waals surface area contributed by atoms with Crippen molar-refractivity contribution in [2.75, 3.05) is 0 Å². The van der Waals surface area contributed by atoms with Gasteiger partial charge in [0.05, 0.1) is 0 Å². The van der Waals surface area contributed by atoms with Crippen LogP contribution in [-0.2, 0) is 0 Å². The van der Waals surface area contributed by atoms with E-state index in [0.717, 1.165) is 19.0 Å². The van der Waals surface area contributed by atoms with Crippen LogP contribution in [0, 0.1) is 124 Å². The maximum Gasteiger partial charge on any atom is 0.443 e. The predicted molar refractivity (Wildman–Crippen MR) is 249 cm³/mol. The van der Waals surface area contributed by atoms with Gasteiger partial charge in [-0.05, 0) is 72.9 Å². The van der Waals surface area contributed by atoms with E-state index in [1.54, 1.807) is 0 Å². The Bertz CT molecular complexity index is 3230. The summed E-state index contributed by atoms with van der Waals surface area (Å²) in [7, 11) is 0. The molecule has 2 saturated carbocycles. The van der Waals surface area contributed by atoms with Crippen molar-refractivity contribution in [3.05, 3.63) is 208 Å². The van der Waals surface area contributed by atoms with Crippen LogP contribution in [0.15, 0.2) is 81.6 Å². The average molecular weight is 1290 g/mol. The number of rotatable bonds is 12. The Hall–Kier alpha value is -7.13. The molecule has 2 aromatic heterocycles. The van der Waals surface area contributed by atoms with Gasteiger partial charge in [-0.1, -0.05) is 62.8 Å². The molecule has 26 heteroatoms. The van der Waals surface area contributed by atoms with Crippen LogP contribution in [0.1, 0.15) is 87.2 Å². The second-order valence-electron chi connectivity index (χ2n) is 19.0. The molecule has 0 unspecified atom stereocenters. The van der Waals surface area contributed by atoms with Crippen LogP contribution in [0.4, 0.5) is 87.8 Å². The first-order chi connectivity index (χ1) is 39.0. The third-order valence-corrected chi connectivity index (χ3v) is 16.6. The zero-order valence-electron chi connectivity index (χ0n) is 41.3. The van der Waals surface area contributed by atoms with Gasteiger partial charge in [0.25, 0.3) is 11.9 Å². The van der Waals surface area contributed by atoms with E-state index in [2.05, 4.69) is 48.5 Å². The molecule has 4 nitrogen and oxygen atoms in total. The van der Waals surface area contributed by atoms with Gasteiger partial charge in [0, 0.05) is 24.3 Å². The molecule has 0 radical (unpaired) electrons. The monoisotopic (exact) mass is 1290 g/mol. The van der Waals surface area contributed by atoms with Gasteiger partial charge in [0.2, 0.25) is 0 Å². The Morgan fingerprint density at radius 2 is 0.524 bits per heavy atom. The van der Waals surface area contributed by atoms with Crippen LogP contribution < -0.4 is 52.5 Å². The molecule has 8 aromatic rings. The molecule has 2 aliphatic carbocycles. The maximum atomic E-state index is 15.4. The summed E-state index contributed by atoms with van der Waals surface area (Å²) in [5.74, 6) is -67.4. The van der Waals surface area contributed by atoms with Gasteiger partial charge in [0.1, 0.15) is 64.2 Å². The standard InChI is InChI=1S/C32H34IO4.C24BF20/c1-3-7-23(8-4-1)25-11-15-27(16-12-25)34-31-21-19-29(36-31)33-30-20-22-32(37-30)35-28-17-13-26(14-18-28)24-9-5-2-6-10-24;26-5-1(6(27)14(35)21(42)13(5)34)25(2-7(28)15(36)22(43)16(37)8(2)29,3-9(30)17(38)23(44)18(39)10(3)31)4-11(32)19(40)24(45)20(41)12(4)33/h11-24H,1-10H2;/q+1;-1. The lowest BCUT2D eigenvalue weighted by Crippen LogP contribution is -3.61. The lowest BCUT2D eigenvalue weighted by atomic mass is 9.12. The Kier molecular flexibility index (Phi) is 17.4. The van der Waals surface area contributed by atoms with E-state index in [0.29, 0.717) is 23.7 Å². The van der Waals surface area contributed by atoms with Gasteiger partial charge in [0.15, 0.2) is 69.8 Å². The zero-order chi connectivity index (χ0) is 59.2. The molecule has 0 spiro atoms. The van der Waals surface area contributed by atoms with E-state index in [-0.39, 0.29) is 0 Å². The van der Waals surface area contributed by atoms with Gasteiger partial charge in [-0.25, -0.2) is 87.8 Å². The van der Waals surface area contributed by atoms with Crippen LogP contribution in [-0.4, -0.2) is 6.15 Å². The fourth-order valence-corrected chi connectivity index (χ4v) is 12.4. The second-order valence-corrected chi connectivity index (χ2v) is 21.7. The number of halogens is 21. The molecule has 0 bridgehead atoms. The topological polar surface area (TPSA) is 44.7 Å². The molecule has 2 aliphatic rings. The van der Waals surface area contributed by atoms with Crippen molar-refractivity contribution in [2.24, 2.45) is 0 Å². The lowest BCUT2D eigenvalue weighted by Gasteiger charge is -2.44. The SMILES string of the molecule is Fc1c(F)c(F)c([B-](c2c(F)c(F)c(F)c(F)c2F)(c2c(F)c(F)c(F)c(F)c2F)c2c(F)c(F)c(F)c(F)c2F)c(F)c1F.c1cc(C2CCCCC2)ccc1Oc1ccc([I+]c2ccc(Oc3ccc(C4CCCCC4)cc3)o2)o1. The molecule has 432 valence electrons. The van der Waals surface area contributed by atoms with Crippen LogP contribution in [0.5, 0.6) is 23.4 Å². The molecule has 82 heavy (non-hydrogen) atoms. The molecule has 10 rings (SSSR count). The van der Waals surface area contributed by atoms with Crippen LogP contribution in [0.2, 0.25) is 0 Å². The molecule has 2 fully saturated rings. The first kappa shape index (κ1) is 59.5.